The fraction of sp³-hybridized carbons (Fsp3) is 0.400. The zero-order valence-corrected chi connectivity index (χ0v) is 20.1. The number of fused-ring (bicyclic) bond motifs is 1. The zero-order valence-electron chi connectivity index (χ0n) is 20.1. The van der Waals surface area contributed by atoms with E-state index in [9.17, 15) is 0 Å². The summed E-state index contributed by atoms with van der Waals surface area (Å²) in [6, 6.07) is 25.6. The number of rotatable bonds is 8. The van der Waals surface area contributed by atoms with Gasteiger partial charge in [0.1, 0.15) is 17.2 Å². The van der Waals surface area contributed by atoms with Crippen LogP contribution in [0.4, 0.5) is 0 Å². The zero-order chi connectivity index (χ0) is 23.2. The van der Waals surface area contributed by atoms with E-state index in [0.29, 0.717) is 6.61 Å². The number of hydrogen-bond donors (Lipinski definition) is 0. The van der Waals surface area contributed by atoms with Crippen molar-refractivity contribution >= 4 is 0 Å². The third kappa shape index (κ3) is 5.23. The average Bonchev–Trinajstić information content (AvgIpc) is 2.91. The second kappa shape index (κ2) is 11.0. The van der Waals surface area contributed by atoms with Crippen LogP contribution < -0.4 is 14.2 Å². The molecule has 3 aromatic carbocycles. The van der Waals surface area contributed by atoms with E-state index in [-0.39, 0.29) is 11.8 Å². The fourth-order valence-corrected chi connectivity index (χ4v) is 5.35. The van der Waals surface area contributed by atoms with Gasteiger partial charge in [-0.05, 0) is 61.7 Å². The molecule has 0 spiro atoms. The molecule has 1 saturated heterocycles. The molecule has 2 aliphatic heterocycles. The average molecular weight is 458 g/mol. The predicted molar refractivity (Wildman–Crippen MR) is 136 cm³/mol. The van der Waals surface area contributed by atoms with Crippen LogP contribution in [0.1, 0.15) is 54.2 Å². The predicted octanol–water partition coefficient (Wildman–Crippen LogP) is 6.26. The van der Waals surface area contributed by atoms with Crippen LogP contribution in [-0.4, -0.2) is 44.9 Å². The molecule has 178 valence electrons. The highest BCUT2D eigenvalue weighted by atomic mass is 16.5. The van der Waals surface area contributed by atoms with Crippen molar-refractivity contribution < 1.29 is 14.2 Å². The summed E-state index contributed by atoms with van der Waals surface area (Å²) in [6.07, 6.45) is 5.14. The molecule has 4 heteroatoms. The first-order chi connectivity index (χ1) is 16.8. The lowest BCUT2D eigenvalue weighted by Gasteiger charge is -2.34. The van der Waals surface area contributed by atoms with Crippen LogP contribution in [0.2, 0.25) is 0 Å². The number of methoxy groups -OCH3 is 1. The maximum absolute atomic E-state index is 6.22. The Labute approximate surface area is 203 Å². The Morgan fingerprint density at radius 2 is 1.62 bits per heavy atom. The molecule has 0 unspecified atom stereocenters. The maximum atomic E-state index is 6.22. The first kappa shape index (κ1) is 22.8. The first-order valence-corrected chi connectivity index (χ1v) is 12.6. The minimum Gasteiger partial charge on any atom is -0.497 e. The molecule has 0 saturated carbocycles. The summed E-state index contributed by atoms with van der Waals surface area (Å²) in [7, 11) is 1.69. The third-order valence-electron chi connectivity index (χ3n) is 7.18. The number of ether oxygens (including phenoxy) is 3. The molecule has 0 radical (unpaired) electrons. The lowest BCUT2D eigenvalue weighted by Crippen LogP contribution is -2.31. The van der Waals surface area contributed by atoms with Gasteiger partial charge in [0, 0.05) is 30.0 Å². The summed E-state index contributed by atoms with van der Waals surface area (Å²) < 4.78 is 17.7. The van der Waals surface area contributed by atoms with Crippen molar-refractivity contribution in [1.29, 1.82) is 0 Å². The Bertz CT molecular complexity index is 1040. The summed E-state index contributed by atoms with van der Waals surface area (Å²) >= 11 is 0. The molecule has 0 N–H and O–H groups in total. The van der Waals surface area contributed by atoms with Crippen LogP contribution >= 0.6 is 0 Å². The van der Waals surface area contributed by atoms with Crippen molar-refractivity contribution in [2.45, 2.75) is 37.5 Å². The van der Waals surface area contributed by atoms with Crippen LogP contribution in [0, 0.1) is 0 Å². The lowest BCUT2D eigenvalue weighted by molar-refractivity contribution is 0.205. The Morgan fingerprint density at radius 3 is 2.38 bits per heavy atom. The Hall–Kier alpha value is -2.98. The standard InChI is InChI=1S/C30H35NO3/c1-32-26-15-16-27-29(21-26)34-22-28(23-9-4-2-5-10-23)30(27)24-11-13-25(14-12-24)33-20-8-19-31-17-6-3-7-18-31/h2,4-5,9-16,21,28,30H,3,6-8,17-20,22H2,1H3/t28-,30-/m1/s1. The minimum atomic E-state index is 0.213. The number of nitrogens with zero attached hydrogens (tertiary/aromatic N) is 1. The summed E-state index contributed by atoms with van der Waals surface area (Å²) in [6.45, 7) is 5.04. The highest BCUT2D eigenvalue weighted by Crippen LogP contribution is 2.47. The monoisotopic (exact) mass is 457 g/mol. The van der Waals surface area contributed by atoms with Gasteiger partial charge in [0.25, 0.3) is 0 Å². The fourth-order valence-electron chi connectivity index (χ4n) is 5.35. The van der Waals surface area contributed by atoms with E-state index in [4.69, 9.17) is 14.2 Å². The highest BCUT2D eigenvalue weighted by molar-refractivity contribution is 5.51. The summed E-state index contributed by atoms with van der Waals surface area (Å²) in [5.41, 5.74) is 3.78. The van der Waals surface area contributed by atoms with E-state index in [1.54, 1.807) is 7.11 Å². The molecule has 4 nitrogen and oxygen atoms in total. The number of benzene rings is 3. The minimum absolute atomic E-state index is 0.213. The second-order valence-electron chi connectivity index (χ2n) is 9.38. The quantitative estimate of drug-likeness (QED) is 0.374. The molecular formula is C30H35NO3. The lowest BCUT2D eigenvalue weighted by atomic mass is 9.76. The second-order valence-corrected chi connectivity index (χ2v) is 9.38. The molecule has 0 aromatic heterocycles. The van der Waals surface area contributed by atoms with Crippen LogP contribution in [0.3, 0.4) is 0 Å². The molecule has 2 aliphatic rings. The smallest absolute Gasteiger partial charge is 0.126 e. The molecule has 1 fully saturated rings. The van der Waals surface area contributed by atoms with Crippen molar-refractivity contribution in [2.24, 2.45) is 0 Å². The molecule has 0 amide bonds. The normalized spacial score (nSPS) is 20.3. The van der Waals surface area contributed by atoms with E-state index in [0.717, 1.165) is 36.8 Å². The largest absolute Gasteiger partial charge is 0.497 e. The molecule has 3 aromatic rings. The van der Waals surface area contributed by atoms with Gasteiger partial charge < -0.3 is 19.1 Å². The van der Waals surface area contributed by atoms with Gasteiger partial charge in [-0.3, -0.25) is 0 Å². The number of piperidine rings is 1. The van der Waals surface area contributed by atoms with Crippen molar-refractivity contribution in [3.8, 4) is 17.2 Å². The third-order valence-corrected chi connectivity index (χ3v) is 7.18. The van der Waals surface area contributed by atoms with Crippen LogP contribution in [0.15, 0.2) is 72.8 Å². The van der Waals surface area contributed by atoms with Crippen LogP contribution in [0.5, 0.6) is 17.2 Å². The van der Waals surface area contributed by atoms with Gasteiger partial charge in [-0.15, -0.1) is 0 Å². The summed E-state index contributed by atoms with van der Waals surface area (Å²) in [5.74, 6) is 3.14. The van der Waals surface area contributed by atoms with E-state index < -0.39 is 0 Å². The van der Waals surface area contributed by atoms with Crippen molar-refractivity contribution in [1.82, 2.24) is 4.90 Å². The highest BCUT2D eigenvalue weighted by Gasteiger charge is 2.33. The van der Waals surface area contributed by atoms with Crippen molar-refractivity contribution in [3.05, 3.63) is 89.5 Å². The van der Waals surface area contributed by atoms with Gasteiger partial charge in [0.15, 0.2) is 0 Å². The summed E-state index contributed by atoms with van der Waals surface area (Å²) in [4.78, 5) is 2.57. The maximum Gasteiger partial charge on any atom is 0.126 e. The molecule has 34 heavy (non-hydrogen) atoms. The molecule has 0 aliphatic carbocycles. The van der Waals surface area contributed by atoms with Gasteiger partial charge in [0.2, 0.25) is 0 Å². The topological polar surface area (TPSA) is 30.9 Å². The molecule has 2 atom stereocenters. The first-order valence-electron chi connectivity index (χ1n) is 12.6. The Kier molecular flexibility index (Phi) is 7.35. The van der Waals surface area contributed by atoms with Crippen LogP contribution in [0.25, 0.3) is 0 Å². The Morgan fingerprint density at radius 1 is 0.853 bits per heavy atom. The van der Waals surface area contributed by atoms with Gasteiger partial charge in [-0.25, -0.2) is 0 Å². The van der Waals surface area contributed by atoms with Crippen molar-refractivity contribution in [3.63, 3.8) is 0 Å². The SMILES string of the molecule is COc1ccc2c(c1)OC[C@H](c1ccccc1)[C@@H]2c1ccc(OCCCN2CCCCC2)cc1. The van der Waals surface area contributed by atoms with E-state index in [1.165, 1.54) is 49.0 Å². The molecule has 5 rings (SSSR count). The summed E-state index contributed by atoms with van der Waals surface area (Å²) in [5, 5.41) is 0. The van der Waals surface area contributed by atoms with Crippen molar-refractivity contribution in [2.75, 3.05) is 40.0 Å². The van der Waals surface area contributed by atoms with E-state index in [2.05, 4.69) is 65.6 Å². The van der Waals surface area contributed by atoms with Crippen LogP contribution in [-0.2, 0) is 0 Å². The number of hydrogen-bond acceptors (Lipinski definition) is 4. The van der Waals surface area contributed by atoms with Gasteiger partial charge >= 0.3 is 0 Å². The number of likely N-dealkylation sites (tertiary alicyclic amines) is 1. The van der Waals surface area contributed by atoms with E-state index >= 15 is 0 Å². The van der Waals surface area contributed by atoms with E-state index in [1.807, 2.05) is 12.1 Å². The Balaban J connectivity index is 1.31. The molecule has 0 bridgehead atoms. The van der Waals surface area contributed by atoms with Gasteiger partial charge in [-0.2, -0.15) is 0 Å². The molecular weight excluding hydrogens is 422 g/mol. The van der Waals surface area contributed by atoms with Gasteiger partial charge in [-0.1, -0.05) is 55.0 Å². The van der Waals surface area contributed by atoms with Gasteiger partial charge in [0.05, 0.1) is 20.3 Å². The molecule has 2 heterocycles.